The van der Waals surface area contributed by atoms with Crippen molar-refractivity contribution in [1.29, 1.82) is 0 Å². The van der Waals surface area contributed by atoms with Crippen LogP contribution in [0.2, 0.25) is 0 Å². The lowest BCUT2D eigenvalue weighted by molar-refractivity contribution is -0.115. The van der Waals surface area contributed by atoms with Crippen LogP contribution in [0.3, 0.4) is 0 Å². The fourth-order valence-electron chi connectivity index (χ4n) is 2.51. The molecule has 0 heterocycles. The molecule has 3 aromatic rings. The van der Waals surface area contributed by atoms with Crippen molar-refractivity contribution < 1.29 is 18.3 Å². The van der Waals surface area contributed by atoms with Crippen LogP contribution in [0.5, 0.6) is 5.75 Å². The Morgan fingerprint density at radius 3 is 2.48 bits per heavy atom. The number of amides is 1. The predicted molar refractivity (Wildman–Crippen MR) is 103 cm³/mol. The molecular weight excluding hydrogens is 368 g/mol. The second-order valence-electron chi connectivity index (χ2n) is 5.70. The van der Waals surface area contributed by atoms with Crippen LogP contribution in [0, 0.1) is 11.6 Å². The van der Waals surface area contributed by atoms with Crippen LogP contribution in [0.1, 0.15) is 10.8 Å². The van der Waals surface area contributed by atoms with Gasteiger partial charge in [-0.05, 0) is 29.8 Å². The molecule has 0 bridgehead atoms. The monoisotopic (exact) mass is 385 g/mol. The van der Waals surface area contributed by atoms with Gasteiger partial charge in [-0.2, -0.15) is 0 Å². The standard InChI is InChI=1S/C21H17F2NO2S/c1-26-17-9-5-8-16(13-17)24-21(25)20(14-6-3-2-4-7-14)27-19-11-10-15(22)12-18(19)23/h2-13,20H,1H3,(H,24,25)/t20-/m1/s1. The first-order valence-electron chi connectivity index (χ1n) is 8.18. The number of thioether (sulfide) groups is 1. The van der Waals surface area contributed by atoms with Gasteiger partial charge in [0.25, 0.3) is 0 Å². The van der Waals surface area contributed by atoms with Gasteiger partial charge in [-0.1, -0.05) is 36.4 Å². The predicted octanol–water partition coefficient (Wildman–Crippen LogP) is 5.45. The highest BCUT2D eigenvalue weighted by molar-refractivity contribution is 8.00. The molecule has 27 heavy (non-hydrogen) atoms. The highest BCUT2D eigenvalue weighted by Gasteiger charge is 2.23. The lowest BCUT2D eigenvalue weighted by Crippen LogP contribution is -2.19. The molecule has 0 radical (unpaired) electrons. The van der Waals surface area contributed by atoms with E-state index in [1.165, 1.54) is 12.1 Å². The summed E-state index contributed by atoms with van der Waals surface area (Å²) < 4.78 is 32.5. The lowest BCUT2D eigenvalue weighted by atomic mass is 10.1. The number of hydrogen-bond donors (Lipinski definition) is 1. The Kier molecular flexibility index (Phi) is 6.08. The number of hydrogen-bond acceptors (Lipinski definition) is 3. The second-order valence-corrected chi connectivity index (χ2v) is 6.85. The molecule has 0 fully saturated rings. The summed E-state index contributed by atoms with van der Waals surface area (Å²) in [6, 6.07) is 19.3. The molecule has 1 atom stereocenters. The largest absolute Gasteiger partial charge is 0.497 e. The van der Waals surface area contributed by atoms with Crippen molar-refractivity contribution in [3.05, 3.63) is 90.0 Å². The van der Waals surface area contributed by atoms with Gasteiger partial charge in [0.15, 0.2) is 0 Å². The van der Waals surface area contributed by atoms with Gasteiger partial charge in [0.05, 0.1) is 7.11 Å². The van der Waals surface area contributed by atoms with Gasteiger partial charge >= 0.3 is 0 Å². The molecule has 0 spiro atoms. The van der Waals surface area contributed by atoms with E-state index in [1.807, 2.05) is 18.2 Å². The van der Waals surface area contributed by atoms with Gasteiger partial charge < -0.3 is 10.1 Å². The third-order valence-electron chi connectivity index (χ3n) is 3.82. The normalized spacial score (nSPS) is 11.7. The first-order chi connectivity index (χ1) is 13.1. The molecule has 6 heteroatoms. The highest BCUT2D eigenvalue weighted by atomic mass is 32.2. The average molecular weight is 385 g/mol. The van der Waals surface area contributed by atoms with Crippen LogP contribution in [0.4, 0.5) is 14.5 Å². The Morgan fingerprint density at radius 1 is 1.00 bits per heavy atom. The summed E-state index contributed by atoms with van der Waals surface area (Å²) in [5.41, 5.74) is 1.28. The molecule has 1 amide bonds. The van der Waals surface area contributed by atoms with Gasteiger partial charge in [-0.15, -0.1) is 11.8 Å². The molecule has 3 aromatic carbocycles. The van der Waals surface area contributed by atoms with Crippen molar-refractivity contribution in [1.82, 2.24) is 0 Å². The van der Waals surface area contributed by atoms with E-state index < -0.39 is 16.9 Å². The third-order valence-corrected chi connectivity index (χ3v) is 5.12. The van der Waals surface area contributed by atoms with Gasteiger partial charge in [0, 0.05) is 22.7 Å². The lowest BCUT2D eigenvalue weighted by Gasteiger charge is -2.18. The minimum atomic E-state index is -0.711. The summed E-state index contributed by atoms with van der Waals surface area (Å²) in [5, 5.41) is 2.12. The smallest absolute Gasteiger partial charge is 0.242 e. The number of halogens is 2. The second kappa shape index (κ2) is 8.68. The minimum absolute atomic E-state index is 0.200. The number of anilines is 1. The molecule has 0 unspecified atom stereocenters. The maximum atomic E-state index is 14.1. The Bertz CT molecular complexity index is 934. The number of rotatable bonds is 6. The Labute approximate surface area is 160 Å². The fourth-order valence-corrected chi connectivity index (χ4v) is 3.54. The first kappa shape index (κ1) is 18.9. The Morgan fingerprint density at radius 2 is 1.78 bits per heavy atom. The number of carbonyl (C=O) groups is 1. The van der Waals surface area contributed by atoms with E-state index in [-0.39, 0.29) is 10.8 Å². The highest BCUT2D eigenvalue weighted by Crippen LogP contribution is 2.37. The molecule has 0 saturated carbocycles. The Balaban J connectivity index is 1.88. The van der Waals surface area contributed by atoms with Gasteiger partial charge in [0.1, 0.15) is 22.6 Å². The topological polar surface area (TPSA) is 38.3 Å². The van der Waals surface area contributed by atoms with Crippen molar-refractivity contribution in [3.8, 4) is 5.75 Å². The number of methoxy groups -OCH3 is 1. The number of ether oxygens (including phenoxy) is 1. The van der Waals surface area contributed by atoms with Crippen molar-refractivity contribution in [2.75, 3.05) is 12.4 Å². The van der Waals surface area contributed by atoms with Crippen LogP contribution in [0.25, 0.3) is 0 Å². The summed E-state index contributed by atoms with van der Waals surface area (Å²) >= 11 is 1.03. The Hall–Kier alpha value is -2.86. The van der Waals surface area contributed by atoms with E-state index in [0.717, 1.165) is 17.8 Å². The summed E-state index contributed by atoms with van der Waals surface area (Å²) in [5.74, 6) is -1.06. The van der Waals surface area contributed by atoms with E-state index >= 15 is 0 Å². The number of carbonyl (C=O) groups excluding carboxylic acids is 1. The number of benzene rings is 3. The summed E-state index contributed by atoms with van der Waals surface area (Å²) in [6.07, 6.45) is 0. The fraction of sp³-hybridized carbons (Fsp3) is 0.0952. The summed E-state index contributed by atoms with van der Waals surface area (Å²) in [6.45, 7) is 0. The zero-order valence-corrected chi connectivity index (χ0v) is 15.3. The van der Waals surface area contributed by atoms with Crippen LogP contribution >= 0.6 is 11.8 Å². The summed E-state index contributed by atoms with van der Waals surface area (Å²) in [4.78, 5) is 13.1. The molecule has 3 nitrogen and oxygen atoms in total. The van der Waals surface area contributed by atoms with E-state index in [2.05, 4.69) is 5.32 Å². The van der Waals surface area contributed by atoms with Crippen molar-refractivity contribution in [2.24, 2.45) is 0 Å². The minimum Gasteiger partial charge on any atom is -0.497 e. The van der Waals surface area contributed by atoms with Gasteiger partial charge in [-0.3, -0.25) is 4.79 Å². The number of nitrogens with one attached hydrogen (secondary N) is 1. The van der Waals surface area contributed by atoms with Gasteiger partial charge in [-0.25, -0.2) is 8.78 Å². The van der Waals surface area contributed by atoms with Gasteiger partial charge in [0.2, 0.25) is 5.91 Å². The van der Waals surface area contributed by atoms with Crippen molar-refractivity contribution in [3.63, 3.8) is 0 Å². The van der Waals surface area contributed by atoms with Crippen LogP contribution < -0.4 is 10.1 Å². The molecule has 0 aromatic heterocycles. The van der Waals surface area contributed by atoms with Crippen LogP contribution in [-0.4, -0.2) is 13.0 Å². The molecule has 138 valence electrons. The molecule has 3 rings (SSSR count). The molecule has 1 N–H and O–H groups in total. The van der Waals surface area contributed by atoms with E-state index in [0.29, 0.717) is 17.0 Å². The summed E-state index contributed by atoms with van der Waals surface area (Å²) in [7, 11) is 1.54. The van der Waals surface area contributed by atoms with E-state index in [1.54, 1.807) is 43.5 Å². The third kappa shape index (κ3) is 4.86. The van der Waals surface area contributed by atoms with Crippen LogP contribution in [-0.2, 0) is 4.79 Å². The SMILES string of the molecule is COc1cccc(NC(=O)[C@H](Sc2ccc(F)cc2F)c2ccccc2)c1. The molecule has 0 aliphatic rings. The quantitative estimate of drug-likeness (QED) is 0.574. The first-order valence-corrected chi connectivity index (χ1v) is 9.06. The van der Waals surface area contributed by atoms with Crippen LogP contribution in [0.15, 0.2) is 77.7 Å². The zero-order valence-electron chi connectivity index (χ0n) is 14.5. The molecule has 0 aliphatic heterocycles. The zero-order chi connectivity index (χ0) is 19.2. The van der Waals surface area contributed by atoms with E-state index in [9.17, 15) is 13.6 Å². The molecular formula is C21H17F2NO2S. The average Bonchev–Trinajstić information content (AvgIpc) is 2.68. The maximum absolute atomic E-state index is 14.1. The molecule has 0 saturated heterocycles. The van der Waals surface area contributed by atoms with E-state index in [4.69, 9.17) is 4.74 Å². The molecule has 0 aliphatic carbocycles. The maximum Gasteiger partial charge on any atom is 0.242 e. The van der Waals surface area contributed by atoms with Crippen molar-refractivity contribution in [2.45, 2.75) is 10.1 Å². The van der Waals surface area contributed by atoms with Crippen molar-refractivity contribution >= 4 is 23.4 Å².